The van der Waals surface area contributed by atoms with Crippen LogP contribution in [0.1, 0.15) is 0 Å². The van der Waals surface area contributed by atoms with Gasteiger partial charge < -0.3 is 5.32 Å². The molecule has 1 N–H and O–H groups in total. The van der Waals surface area contributed by atoms with E-state index in [2.05, 4.69) is 14.7 Å². The molecule has 0 fully saturated rings. The smallest absolute Gasteiger partial charge is 0.288 e. The summed E-state index contributed by atoms with van der Waals surface area (Å²) in [7, 11) is -3.66. The van der Waals surface area contributed by atoms with E-state index in [4.69, 9.17) is 11.6 Å². The first-order valence-corrected chi connectivity index (χ1v) is 5.13. The molecule has 0 saturated heterocycles. The molecule has 13 heavy (non-hydrogen) atoms. The first-order chi connectivity index (χ1) is 6.09. The summed E-state index contributed by atoms with van der Waals surface area (Å²) in [6.45, 7) is 0. The van der Waals surface area contributed by atoms with Crippen LogP contribution in [0, 0.1) is 0 Å². The number of aromatic nitrogens is 1. The molecular formula is C6H4ClN3O2S. The van der Waals surface area contributed by atoms with Crippen molar-refractivity contribution in [1.82, 2.24) is 4.98 Å². The fourth-order valence-electron chi connectivity index (χ4n) is 0.977. The van der Waals surface area contributed by atoms with Gasteiger partial charge in [-0.25, -0.2) is 0 Å². The Morgan fingerprint density at radius 3 is 3.00 bits per heavy atom. The van der Waals surface area contributed by atoms with Gasteiger partial charge in [-0.05, 0) is 17.7 Å². The van der Waals surface area contributed by atoms with E-state index in [1.54, 1.807) is 0 Å². The molecule has 0 amide bonds. The van der Waals surface area contributed by atoms with Crippen LogP contribution < -0.4 is 5.32 Å². The molecule has 0 spiro atoms. The third kappa shape index (κ3) is 1.38. The number of amidine groups is 1. The Balaban J connectivity index is 2.73. The Bertz CT molecular complexity index is 482. The number of hydrogen-bond acceptors (Lipinski definition) is 4. The summed E-state index contributed by atoms with van der Waals surface area (Å²) in [5, 5.41) is 2.46. The number of fused-ring (bicyclic) bond motifs is 1. The molecule has 68 valence electrons. The highest BCUT2D eigenvalue weighted by Gasteiger charge is 2.23. The normalized spacial score (nSPS) is 18.4. The van der Waals surface area contributed by atoms with Gasteiger partial charge in [0.05, 0.1) is 5.69 Å². The second-order valence-corrected chi connectivity index (χ2v) is 4.28. The summed E-state index contributed by atoms with van der Waals surface area (Å²) in [6, 6.07) is 1.52. The fourth-order valence-corrected chi connectivity index (χ4v) is 2.30. The van der Waals surface area contributed by atoms with Gasteiger partial charge >= 0.3 is 0 Å². The standard InChI is InChI=1S/C6H4ClN3O2S/c7-6-9-4-1-2-8-3-5(4)13(11,12)10-6/h1-3H,(H,9,10). The van der Waals surface area contributed by atoms with Crippen LogP contribution in [0.3, 0.4) is 0 Å². The number of pyridine rings is 1. The Morgan fingerprint density at radius 2 is 2.23 bits per heavy atom. The van der Waals surface area contributed by atoms with Crippen LogP contribution in [-0.2, 0) is 10.0 Å². The van der Waals surface area contributed by atoms with Gasteiger partial charge in [0.15, 0.2) is 0 Å². The van der Waals surface area contributed by atoms with Crippen molar-refractivity contribution in [2.45, 2.75) is 4.90 Å². The van der Waals surface area contributed by atoms with Crippen LogP contribution in [0.25, 0.3) is 0 Å². The van der Waals surface area contributed by atoms with Gasteiger partial charge in [0.2, 0.25) is 5.29 Å². The van der Waals surface area contributed by atoms with E-state index in [-0.39, 0.29) is 10.2 Å². The SMILES string of the molecule is O=S1(=O)N=C(Cl)Nc2ccncc21. The van der Waals surface area contributed by atoms with Crippen molar-refractivity contribution in [1.29, 1.82) is 0 Å². The van der Waals surface area contributed by atoms with Crippen molar-refractivity contribution in [2.24, 2.45) is 4.40 Å². The molecule has 0 saturated carbocycles. The Hall–Kier alpha value is -1.14. The lowest BCUT2D eigenvalue weighted by Crippen LogP contribution is -2.16. The molecule has 5 nitrogen and oxygen atoms in total. The van der Waals surface area contributed by atoms with Crippen molar-refractivity contribution in [2.75, 3.05) is 5.32 Å². The molecule has 0 atom stereocenters. The van der Waals surface area contributed by atoms with E-state index in [1.165, 1.54) is 18.5 Å². The molecule has 1 aromatic heterocycles. The fraction of sp³-hybridized carbons (Fsp3) is 0. The first-order valence-electron chi connectivity index (χ1n) is 3.31. The maximum absolute atomic E-state index is 11.3. The van der Waals surface area contributed by atoms with E-state index >= 15 is 0 Å². The second-order valence-electron chi connectivity index (χ2n) is 2.35. The summed E-state index contributed by atoms with van der Waals surface area (Å²) < 4.78 is 25.9. The number of rotatable bonds is 0. The quantitative estimate of drug-likeness (QED) is 0.653. The van der Waals surface area contributed by atoms with Crippen molar-refractivity contribution >= 4 is 32.6 Å². The monoisotopic (exact) mass is 217 g/mol. The van der Waals surface area contributed by atoms with Crippen molar-refractivity contribution in [3.8, 4) is 0 Å². The number of hydrogen-bond donors (Lipinski definition) is 1. The average molecular weight is 218 g/mol. The molecule has 0 unspecified atom stereocenters. The molecule has 1 aliphatic heterocycles. The van der Waals surface area contributed by atoms with Crippen LogP contribution in [0.2, 0.25) is 0 Å². The minimum atomic E-state index is -3.66. The van der Waals surface area contributed by atoms with E-state index in [1.807, 2.05) is 0 Å². The van der Waals surface area contributed by atoms with E-state index in [0.29, 0.717) is 5.69 Å². The molecule has 7 heteroatoms. The minimum absolute atomic E-state index is 0.0411. The summed E-state index contributed by atoms with van der Waals surface area (Å²) in [4.78, 5) is 3.73. The number of anilines is 1. The van der Waals surface area contributed by atoms with Crippen LogP contribution in [0.4, 0.5) is 5.69 Å². The summed E-state index contributed by atoms with van der Waals surface area (Å²) in [6.07, 6.45) is 2.70. The van der Waals surface area contributed by atoms with Gasteiger partial charge in [-0.2, -0.15) is 8.42 Å². The number of halogens is 1. The predicted octanol–water partition coefficient (Wildman–Crippen LogP) is 0.791. The van der Waals surface area contributed by atoms with Gasteiger partial charge in [0, 0.05) is 12.4 Å². The molecule has 2 rings (SSSR count). The number of nitrogens with one attached hydrogen (secondary N) is 1. The summed E-state index contributed by atoms with van der Waals surface area (Å²) in [5.41, 5.74) is 0.398. The van der Waals surface area contributed by atoms with Crippen LogP contribution in [0.5, 0.6) is 0 Å². The highest BCUT2D eigenvalue weighted by molar-refractivity contribution is 7.90. The van der Waals surface area contributed by atoms with Gasteiger partial charge in [-0.1, -0.05) is 0 Å². The minimum Gasteiger partial charge on any atom is -0.329 e. The Kier molecular flexibility index (Phi) is 1.74. The van der Waals surface area contributed by atoms with Crippen molar-refractivity contribution < 1.29 is 8.42 Å². The average Bonchev–Trinajstić information content (AvgIpc) is 2.02. The van der Waals surface area contributed by atoms with Crippen LogP contribution >= 0.6 is 11.6 Å². The van der Waals surface area contributed by atoms with Crippen LogP contribution in [-0.4, -0.2) is 18.7 Å². The molecule has 0 aromatic carbocycles. The van der Waals surface area contributed by atoms with Crippen LogP contribution in [0.15, 0.2) is 27.8 Å². The first kappa shape index (κ1) is 8.46. The maximum Gasteiger partial charge on any atom is 0.288 e. The number of sulfonamides is 1. The zero-order valence-corrected chi connectivity index (χ0v) is 7.80. The molecule has 0 radical (unpaired) electrons. The van der Waals surface area contributed by atoms with Gasteiger partial charge in [-0.3, -0.25) is 4.98 Å². The zero-order valence-electron chi connectivity index (χ0n) is 6.23. The molecule has 2 heterocycles. The van der Waals surface area contributed by atoms with E-state index < -0.39 is 10.0 Å². The molecular weight excluding hydrogens is 214 g/mol. The summed E-state index contributed by atoms with van der Waals surface area (Å²) in [5.74, 6) is 0. The lowest BCUT2D eigenvalue weighted by Gasteiger charge is -2.12. The Morgan fingerprint density at radius 1 is 1.46 bits per heavy atom. The zero-order chi connectivity index (χ0) is 9.47. The highest BCUT2D eigenvalue weighted by Crippen LogP contribution is 2.25. The molecule has 1 aliphatic rings. The molecule has 1 aromatic rings. The van der Waals surface area contributed by atoms with Crippen molar-refractivity contribution in [3.05, 3.63) is 18.5 Å². The van der Waals surface area contributed by atoms with Gasteiger partial charge in [0.1, 0.15) is 4.90 Å². The van der Waals surface area contributed by atoms with Gasteiger partial charge in [-0.15, -0.1) is 4.40 Å². The van der Waals surface area contributed by atoms with Gasteiger partial charge in [0.25, 0.3) is 10.0 Å². The summed E-state index contributed by atoms with van der Waals surface area (Å²) >= 11 is 5.47. The van der Waals surface area contributed by atoms with Crippen molar-refractivity contribution in [3.63, 3.8) is 0 Å². The third-order valence-corrected chi connectivity index (χ3v) is 3.08. The lowest BCUT2D eigenvalue weighted by molar-refractivity contribution is 0.597. The number of nitrogens with zero attached hydrogens (tertiary/aromatic N) is 2. The van der Waals surface area contributed by atoms with E-state index in [9.17, 15) is 8.42 Å². The second kappa shape index (κ2) is 2.68. The third-order valence-electron chi connectivity index (χ3n) is 1.50. The van der Waals surface area contributed by atoms with E-state index in [0.717, 1.165) is 0 Å². The highest BCUT2D eigenvalue weighted by atomic mass is 35.5. The lowest BCUT2D eigenvalue weighted by atomic mass is 10.4. The predicted molar refractivity (Wildman–Crippen MR) is 48.3 cm³/mol. The topological polar surface area (TPSA) is 71.4 Å². The largest absolute Gasteiger partial charge is 0.329 e. The molecule has 0 bridgehead atoms. The Labute approximate surface area is 79.5 Å². The molecule has 0 aliphatic carbocycles. The maximum atomic E-state index is 11.3.